The quantitative estimate of drug-likeness (QED) is 0.624. The molecule has 0 saturated carbocycles. The monoisotopic (exact) mass is 300 g/mol. The SMILES string of the molecule is CCCCOc1ccc(C(=O)c2ccc(OC)cc2)c(O)c1. The fourth-order valence-electron chi connectivity index (χ4n) is 2.03. The number of aromatic hydroxyl groups is 1. The second kappa shape index (κ2) is 7.50. The predicted molar refractivity (Wildman–Crippen MR) is 84.9 cm³/mol. The van der Waals surface area contributed by atoms with Crippen LogP contribution < -0.4 is 9.47 Å². The van der Waals surface area contributed by atoms with E-state index < -0.39 is 0 Å². The van der Waals surface area contributed by atoms with E-state index >= 15 is 0 Å². The molecule has 0 heterocycles. The van der Waals surface area contributed by atoms with Gasteiger partial charge >= 0.3 is 0 Å². The molecule has 1 N–H and O–H groups in total. The van der Waals surface area contributed by atoms with Crippen molar-refractivity contribution in [1.29, 1.82) is 0 Å². The summed E-state index contributed by atoms with van der Waals surface area (Å²) in [6.45, 7) is 2.68. The van der Waals surface area contributed by atoms with E-state index in [1.807, 2.05) is 0 Å². The Morgan fingerprint density at radius 3 is 2.36 bits per heavy atom. The number of hydrogen-bond donors (Lipinski definition) is 1. The maximum atomic E-state index is 12.4. The van der Waals surface area contributed by atoms with Crippen LogP contribution in [-0.4, -0.2) is 24.6 Å². The standard InChI is InChI=1S/C18H20O4/c1-3-4-11-22-15-9-10-16(17(19)12-15)18(20)13-5-7-14(21-2)8-6-13/h5-10,12,19H,3-4,11H2,1-2H3. The molecule has 0 fully saturated rings. The second-order valence-corrected chi connectivity index (χ2v) is 4.94. The summed E-state index contributed by atoms with van der Waals surface area (Å²) in [7, 11) is 1.57. The Morgan fingerprint density at radius 1 is 1.09 bits per heavy atom. The van der Waals surface area contributed by atoms with Gasteiger partial charge in [0, 0.05) is 11.6 Å². The maximum Gasteiger partial charge on any atom is 0.196 e. The van der Waals surface area contributed by atoms with Crippen molar-refractivity contribution in [2.45, 2.75) is 19.8 Å². The molecular weight excluding hydrogens is 280 g/mol. The first-order chi connectivity index (χ1) is 10.7. The predicted octanol–water partition coefficient (Wildman–Crippen LogP) is 3.81. The number of unbranched alkanes of at least 4 members (excludes halogenated alkanes) is 1. The van der Waals surface area contributed by atoms with Gasteiger partial charge in [0.05, 0.1) is 19.3 Å². The van der Waals surface area contributed by atoms with Crippen LogP contribution >= 0.6 is 0 Å². The van der Waals surface area contributed by atoms with Gasteiger partial charge in [0.15, 0.2) is 5.78 Å². The van der Waals surface area contributed by atoms with Gasteiger partial charge in [0.1, 0.15) is 17.2 Å². The summed E-state index contributed by atoms with van der Waals surface area (Å²) in [5, 5.41) is 10.1. The van der Waals surface area contributed by atoms with E-state index in [1.54, 1.807) is 43.5 Å². The van der Waals surface area contributed by atoms with E-state index in [9.17, 15) is 9.90 Å². The molecule has 2 aromatic carbocycles. The number of hydrogen-bond acceptors (Lipinski definition) is 4. The molecule has 0 bridgehead atoms. The van der Waals surface area contributed by atoms with Crippen molar-refractivity contribution in [3.63, 3.8) is 0 Å². The van der Waals surface area contributed by atoms with Crippen molar-refractivity contribution in [2.75, 3.05) is 13.7 Å². The smallest absolute Gasteiger partial charge is 0.196 e. The van der Waals surface area contributed by atoms with Gasteiger partial charge in [-0.2, -0.15) is 0 Å². The molecule has 0 spiro atoms. The van der Waals surface area contributed by atoms with Gasteiger partial charge in [-0.15, -0.1) is 0 Å². The third-order valence-electron chi connectivity index (χ3n) is 3.33. The Kier molecular flexibility index (Phi) is 5.42. The van der Waals surface area contributed by atoms with Crippen molar-refractivity contribution >= 4 is 5.78 Å². The van der Waals surface area contributed by atoms with Crippen LogP contribution in [0.15, 0.2) is 42.5 Å². The van der Waals surface area contributed by atoms with Crippen molar-refractivity contribution in [3.8, 4) is 17.2 Å². The molecule has 0 aromatic heterocycles. The number of ether oxygens (including phenoxy) is 2. The van der Waals surface area contributed by atoms with Gasteiger partial charge < -0.3 is 14.6 Å². The molecule has 22 heavy (non-hydrogen) atoms. The Bertz CT molecular complexity index is 632. The molecule has 0 saturated heterocycles. The van der Waals surface area contributed by atoms with Gasteiger partial charge in [-0.25, -0.2) is 0 Å². The Hall–Kier alpha value is -2.49. The topological polar surface area (TPSA) is 55.8 Å². The number of rotatable bonds is 7. The molecule has 0 amide bonds. The Morgan fingerprint density at radius 2 is 1.77 bits per heavy atom. The largest absolute Gasteiger partial charge is 0.507 e. The minimum Gasteiger partial charge on any atom is -0.507 e. The zero-order chi connectivity index (χ0) is 15.9. The molecule has 2 rings (SSSR count). The highest BCUT2D eigenvalue weighted by Crippen LogP contribution is 2.26. The van der Waals surface area contributed by atoms with Gasteiger partial charge in [-0.05, 0) is 42.8 Å². The zero-order valence-electron chi connectivity index (χ0n) is 12.8. The number of methoxy groups -OCH3 is 1. The van der Waals surface area contributed by atoms with Crippen LogP contribution in [0.5, 0.6) is 17.2 Å². The molecule has 0 aliphatic rings. The minimum atomic E-state index is -0.236. The summed E-state index contributed by atoms with van der Waals surface area (Å²) in [6, 6.07) is 11.5. The first kappa shape index (κ1) is 15.9. The number of benzene rings is 2. The number of phenols is 1. The van der Waals surface area contributed by atoms with E-state index in [2.05, 4.69) is 6.92 Å². The third-order valence-corrected chi connectivity index (χ3v) is 3.33. The average Bonchev–Trinajstić information content (AvgIpc) is 2.55. The normalized spacial score (nSPS) is 10.3. The van der Waals surface area contributed by atoms with Crippen molar-refractivity contribution in [2.24, 2.45) is 0 Å². The van der Waals surface area contributed by atoms with Crippen LogP contribution in [0.25, 0.3) is 0 Å². The van der Waals surface area contributed by atoms with E-state index in [0.717, 1.165) is 12.8 Å². The van der Waals surface area contributed by atoms with Crippen LogP contribution in [-0.2, 0) is 0 Å². The van der Waals surface area contributed by atoms with Crippen LogP contribution in [0.1, 0.15) is 35.7 Å². The molecule has 116 valence electrons. The van der Waals surface area contributed by atoms with Gasteiger partial charge in [-0.1, -0.05) is 13.3 Å². The highest BCUT2D eigenvalue weighted by molar-refractivity contribution is 6.10. The summed E-state index contributed by atoms with van der Waals surface area (Å²) in [5.74, 6) is 0.938. The highest BCUT2D eigenvalue weighted by Gasteiger charge is 2.14. The average molecular weight is 300 g/mol. The lowest BCUT2D eigenvalue weighted by Crippen LogP contribution is -2.02. The molecule has 4 nitrogen and oxygen atoms in total. The summed E-state index contributed by atoms with van der Waals surface area (Å²) in [5.41, 5.74) is 0.753. The first-order valence-electron chi connectivity index (χ1n) is 7.30. The Balaban J connectivity index is 2.15. The van der Waals surface area contributed by atoms with Gasteiger partial charge in [0.2, 0.25) is 0 Å². The second-order valence-electron chi connectivity index (χ2n) is 4.94. The highest BCUT2D eigenvalue weighted by atomic mass is 16.5. The summed E-state index contributed by atoms with van der Waals surface area (Å²) in [4.78, 5) is 12.4. The van der Waals surface area contributed by atoms with E-state index in [4.69, 9.17) is 9.47 Å². The number of carbonyl (C=O) groups is 1. The van der Waals surface area contributed by atoms with Gasteiger partial charge in [0.25, 0.3) is 0 Å². The summed E-state index contributed by atoms with van der Waals surface area (Å²) < 4.78 is 10.6. The molecule has 0 atom stereocenters. The lowest BCUT2D eigenvalue weighted by atomic mass is 10.0. The van der Waals surface area contributed by atoms with E-state index in [0.29, 0.717) is 23.7 Å². The molecule has 4 heteroatoms. The molecule has 0 aliphatic carbocycles. The van der Waals surface area contributed by atoms with Crippen LogP contribution in [0, 0.1) is 0 Å². The minimum absolute atomic E-state index is 0.0742. The molecular formula is C18H20O4. The van der Waals surface area contributed by atoms with Crippen molar-refractivity contribution in [1.82, 2.24) is 0 Å². The third kappa shape index (κ3) is 3.79. The van der Waals surface area contributed by atoms with Crippen LogP contribution in [0.2, 0.25) is 0 Å². The molecule has 0 aliphatic heterocycles. The van der Waals surface area contributed by atoms with Gasteiger partial charge in [-0.3, -0.25) is 4.79 Å². The summed E-state index contributed by atoms with van der Waals surface area (Å²) in [6.07, 6.45) is 1.99. The Labute approximate surface area is 130 Å². The molecule has 0 radical (unpaired) electrons. The van der Waals surface area contributed by atoms with Crippen LogP contribution in [0.3, 0.4) is 0 Å². The fourth-order valence-corrected chi connectivity index (χ4v) is 2.03. The van der Waals surface area contributed by atoms with Crippen LogP contribution in [0.4, 0.5) is 0 Å². The molecule has 0 unspecified atom stereocenters. The van der Waals surface area contributed by atoms with E-state index in [-0.39, 0.29) is 17.1 Å². The maximum absolute atomic E-state index is 12.4. The fraction of sp³-hybridized carbons (Fsp3) is 0.278. The summed E-state index contributed by atoms with van der Waals surface area (Å²) >= 11 is 0. The number of phenolic OH excluding ortho intramolecular Hbond substituents is 1. The number of carbonyl (C=O) groups excluding carboxylic acids is 1. The zero-order valence-corrected chi connectivity index (χ0v) is 12.8. The molecule has 2 aromatic rings. The lowest BCUT2D eigenvalue weighted by molar-refractivity contribution is 0.103. The van der Waals surface area contributed by atoms with Crippen molar-refractivity contribution in [3.05, 3.63) is 53.6 Å². The number of ketones is 1. The van der Waals surface area contributed by atoms with Crippen molar-refractivity contribution < 1.29 is 19.4 Å². The lowest BCUT2D eigenvalue weighted by Gasteiger charge is -2.09. The first-order valence-corrected chi connectivity index (χ1v) is 7.30. The van der Waals surface area contributed by atoms with E-state index in [1.165, 1.54) is 6.07 Å².